The zero-order valence-electron chi connectivity index (χ0n) is 8.53. The Morgan fingerprint density at radius 1 is 1.41 bits per heavy atom. The van der Waals surface area contributed by atoms with E-state index >= 15 is 0 Å². The monoisotopic (exact) mass is 332 g/mol. The van der Waals surface area contributed by atoms with Crippen molar-refractivity contribution >= 4 is 44.9 Å². The Kier molecular flexibility index (Phi) is 3.86. The smallest absolute Gasteiger partial charge is 0.185 e. The van der Waals surface area contributed by atoms with Gasteiger partial charge in [-0.1, -0.05) is 23.2 Å². The van der Waals surface area contributed by atoms with Crippen LogP contribution in [0.4, 0.5) is 0 Å². The van der Waals surface area contributed by atoms with Crippen LogP contribution in [0.15, 0.2) is 35.1 Å². The summed E-state index contributed by atoms with van der Waals surface area (Å²) in [6, 6.07) is 4.81. The summed E-state index contributed by atoms with van der Waals surface area (Å²) in [6.45, 7) is 0.146. The highest BCUT2D eigenvalue weighted by atomic mass is 79.9. The summed E-state index contributed by atoms with van der Waals surface area (Å²) >= 11 is 15.0. The van der Waals surface area contributed by atoms with Gasteiger partial charge in [-0.3, -0.25) is 9.48 Å². The Morgan fingerprint density at radius 3 is 2.76 bits per heavy atom. The predicted octanol–water partition coefficient (Wildman–Crippen LogP) is 3.84. The molecule has 0 radical (unpaired) electrons. The first-order chi connectivity index (χ1) is 8.06. The first kappa shape index (κ1) is 12.6. The number of carbonyl (C=O) groups excluding carboxylic acids is 1. The number of halogens is 3. The fourth-order valence-electron chi connectivity index (χ4n) is 1.37. The van der Waals surface area contributed by atoms with Gasteiger partial charge in [-0.05, 0) is 34.1 Å². The van der Waals surface area contributed by atoms with E-state index in [1.54, 1.807) is 30.6 Å². The second kappa shape index (κ2) is 5.21. The van der Waals surface area contributed by atoms with Gasteiger partial charge >= 0.3 is 0 Å². The van der Waals surface area contributed by atoms with Crippen molar-refractivity contribution in [1.82, 2.24) is 9.78 Å². The van der Waals surface area contributed by atoms with Crippen LogP contribution >= 0.6 is 39.1 Å². The number of carbonyl (C=O) groups is 1. The van der Waals surface area contributed by atoms with Crippen molar-refractivity contribution < 1.29 is 4.79 Å². The molecule has 0 spiro atoms. The molecule has 3 nitrogen and oxygen atoms in total. The Hall–Kier alpha value is -0.840. The fraction of sp³-hybridized carbons (Fsp3) is 0.0909. The molecule has 17 heavy (non-hydrogen) atoms. The summed E-state index contributed by atoms with van der Waals surface area (Å²) in [5.74, 6) is -0.109. The fourth-order valence-corrected chi connectivity index (χ4v) is 2.21. The molecule has 0 unspecified atom stereocenters. The molecule has 2 aromatic rings. The molecule has 0 saturated heterocycles. The van der Waals surface area contributed by atoms with Gasteiger partial charge in [0.15, 0.2) is 5.78 Å². The van der Waals surface area contributed by atoms with Crippen molar-refractivity contribution in [1.29, 1.82) is 0 Å². The van der Waals surface area contributed by atoms with Gasteiger partial charge in [0.2, 0.25) is 0 Å². The van der Waals surface area contributed by atoms with E-state index in [2.05, 4.69) is 21.0 Å². The number of Topliss-reactive ketones (excluding diaryl/α,β-unsaturated/α-hetero) is 1. The number of aromatic nitrogens is 2. The number of ketones is 1. The van der Waals surface area contributed by atoms with Crippen LogP contribution in [0.1, 0.15) is 10.4 Å². The maximum Gasteiger partial charge on any atom is 0.185 e. The summed E-state index contributed by atoms with van der Waals surface area (Å²) in [5, 5.41) is 4.87. The lowest BCUT2D eigenvalue weighted by molar-refractivity contribution is 0.0968. The molecule has 0 bridgehead atoms. The van der Waals surface area contributed by atoms with Crippen molar-refractivity contribution in [3.63, 3.8) is 0 Å². The number of hydrogen-bond acceptors (Lipinski definition) is 2. The van der Waals surface area contributed by atoms with Crippen LogP contribution in [0.25, 0.3) is 0 Å². The largest absolute Gasteiger partial charge is 0.292 e. The molecule has 1 aromatic carbocycles. The van der Waals surface area contributed by atoms with Crippen LogP contribution < -0.4 is 0 Å². The highest BCUT2D eigenvalue weighted by Crippen LogP contribution is 2.21. The normalized spacial score (nSPS) is 10.5. The van der Waals surface area contributed by atoms with Crippen LogP contribution in [0, 0.1) is 0 Å². The summed E-state index contributed by atoms with van der Waals surface area (Å²) in [6.07, 6.45) is 3.35. The molecular weight excluding hydrogens is 327 g/mol. The third-order valence-electron chi connectivity index (χ3n) is 2.14. The zero-order valence-corrected chi connectivity index (χ0v) is 11.6. The molecule has 0 aliphatic rings. The van der Waals surface area contributed by atoms with Crippen LogP contribution in [0.3, 0.4) is 0 Å². The number of benzene rings is 1. The SMILES string of the molecule is O=C(Cn1cc(Br)cn1)c1ccc(Cl)cc1Cl. The van der Waals surface area contributed by atoms with Crippen LogP contribution in [0.5, 0.6) is 0 Å². The van der Waals surface area contributed by atoms with E-state index in [0.717, 1.165) is 4.47 Å². The maximum absolute atomic E-state index is 12.0. The molecule has 0 fully saturated rings. The number of nitrogens with zero attached hydrogens (tertiary/aromatic N) is 2. The average Bonchev–Trinajstić information content (AvgIpc) is 2.63. The van der Waals surface area contributed by atoms with Gasteiger partial charge in [0.1, 0.15) is 6.54 Å². The average molecular weight is 334 g/mol. The van der Waals surface area contributed by atoms with Crippen molar-refractivity contribution in [2.24, 2.45) is 0 Å². The predicted molar refractivity (Wildman–Crippen MR) is 70.7 cm³/mol. The van der Waals surface area contributed by atoms with Crippen LogP contribution in [-0.2, 0) is 6.54 Å². The van der Waals surface area contributed by atoms with Crippen LogP contribution in [0.2, 0.25) is 10.0 Å². The lowest BCUT2D eigenvalue weighted by Gasteiger charge is -2.04. The highest BCUT2D eigenvalue weighted by Gasteiger charge is 2.11. The first-order valence-corrected chi connectivity index (χ1v) is 6.27. The van der Waals surface area contributed by atoms with E-state index in [4.69, 9.17) is 23.2 Å². The molecular formula is C11H7BrCl2N2O. The van der Waals surface area contributed by atoms with E-state index in [1.807, 2.05) is 0 Å². The van der Waals surface area contributed by atoms with Gasteiger partial charge in [0.05, 0.1) is 15.7 Å². The Morgan fingerprint density at radius 2 is 2.18 bits per heavy atom. The van der Waals surface area contributed by atoms with E-state index < -0.39 is 0 Å². The van der Waals surface area contributed by atoms with E-state index in [9.17, 15) is 4.79 Å². The molecule has 0 aliphatic heterocycles. The van der Waals surface area contributed by atoms with Crippen molar-refractivity contribution in [3.8, 4) is 0 Å². The van der Waals surface area contributed by atoms with E-state index in [1.165, 1.54) is 4.68 Å². The molecule has 0 N–H and O–H groups in total. The topological polar surface area (TPSA) is 34.9 Å². The molecule has 6 heteroatoms. The van der Waals surface area contributed by atoms with E-state index in [-0.39, 0.29) is 12.3 Å². The number of hydrogen-bond donors (Lipinski definition) is 0. The zero-order chi connectivity index (χ0) is 12.4. The highest BCUT2D eigenvalue weighted by molar-refractivity contribution is 9.10. The standard InChI is InChI=1S/C11H7BrCl2N2O/c12-7-4-15-16(5-7)6-11(17)9-2-1-8(13)3-10(9)14/h1-5H,6H2. The van der Waals surface area contributed by atoms with Crippen molar-refractivity contribution in [3.05, 3.63) is 50.7 Å². The molecule has 0 saturated carbocycles. The van der Waals surface area contributed by atoms with Gasteiger partial charge in [0, 0.05) is 16.8 Å². The van der Waals surface area contributed by atoms with Crippen LogP contribution in [-0.4, -0.2) is 15.6 Å². The summed E-state index contributed by atoms with van der Waals surface area (Å²) in [7, 11) is 0. The van der Waals surface area contributed by atoms with Crippen molar-refractivity contribution in [2.75, 3.05) is 0 Å². The minimum Gasteiger partial charge on any atom is -0.292 e. The quantitative estimate of drug-likeness (QED) is 0.800. The molecule has 0 amide bonds. The second-order valence-corrected chi connectivity index (χ2v) is 5.16. The lowest BCUT2D eigenvalue weighted by Crippen LogP contribution is -2.11. The summed E-state index contributed by atoms with van der Waals surface area (Å²) in [5.41, 5.74) is 0.447. The van der Waals surface area contributed by atoms with E-state index in [0.29, 0.717) is 15.6 Å². The molecule has 1 aromatic heterocycles. The van der Waals surface area contributed by atoms with Crippen molar-refractivity contribution in [2.45, 2.75) is 6.54 Å². The third-order valence-corrected chi connectivity index (χ3v) is 3.10. The molecule has 1 heterocycles. The summed E-state index contributed by atoms with van der Waals surface area (Å²) in [4.78, 5) is 12.0. The minimum absolute atomic E-state index is 0.109. The summed E-state index contributed by atoms with van der Waals surface area (Å²) < 4.78 is 2.37. The number of rotatable bonds is 3. The van der Waals surface area contributed by atoms with Gasteiger partial charge in [-0.2, -0.15) is 5.10 Å². The van der Waals surface area contributed by atoms with Gasteiger partial charge in [-0.25, -0.2) is 0 Å². The molecule has 2 rings (SSSR count). The Bertz CT molecular complexity index is 568. The van der Waals surface area contributed by atoms with Gasteiger partial charge in [-0.15, -0.1) is 0 Å². The van der Waals surface area contributed by atoms with Gasteiger partial charge < -0.3 is 0 Å². The molecule has 88 valence electrons. The second-order valence-electron chi connectivity index (χ2n) is 3.40. The van der Waals surface area contributed by atoms with Gasteiger partial charge in [0.25, 0.3) is 0 Å². The minimum atomic E-state index is -0.109. The third kappa shape index (κ3) is 3.09. The maximum atomic E-state index is 12.0. The molecule has 0 atom stereocenters. The molecule has 0 aliphatic carbocycles. The Balaban J connectivity index is 2.20. The Labute approximate surface area is 116 Å². The first-order valence-electron chi connectivity index (χ1n) is 4.72. The lowest BCUT2D eigenvalue weighted by atomic mass is 10.1.